The van der Waals surface area contributed by atoms with Crippen LogP contribution in [0.1, 0.15) is 12.5 Å². The highest BCUT2D eigenvalue weighted by atomic mass is 16.7. The van der Waals surface area contributed by atoms with Gasteiger partial charge in [-0.05, 0) is 38.1 Å². The first-order valence-corrected chi connectivity index (χ1v) is 7.33. The van der Waals surface area contributed by atoms with Crippen LogP contribution in [0.15, 0.2) is 18.2 Å². The van der Waals surface area contributed by atoms with Crippen LogP contribution in [-0.4, -0.2) is 63.0 Å². The molecular weight excluding hydrogens is 316 g/mol. The first-order chi connectivity index (χ1) is 11.5. The zero-order chi connectivity index (χ0) is 18.4. The summed E-state index contributed by atoms with van der Waals surface area (Å²) in [7, 11) is 3.77. The van der Waals surface area contributed by atoms with Crippen molar-refractivity contribution >= 4 is 12.8 Å². The Hall–Kier alpha value is -2.16. The van der Waals surface area contributed by atoms with Crippen molar-refractivity contribution in [3.63, 3.8) is 0 Å². The minimum Gasteiger partial charge on any atom is -0.483 e. The molecule has 3 N–H and O–H groups in total. The van der Waals surface area contributed by atoms with E-state index >= 15 is 0 Å². The number of benzene rings is 1. The number of likely N-dealkylation sites (N-methyl/N-ethyl adjacent to an activating group) is 1. The Morgan fingerprint density at radius 3 is 2.50 bits per heavy atom. The zero-order valence-corrected chi connectivity index (χ0v) is 14.3. The van der Waals surface area contributed by atoms with Gasteiger partial charge in [-0.15, -0.1) is 0 Å². The Morgan fingerprint density at radius 2 is 1.96 bits per heavy atom. The molecule has 0 bridgehead atoms. The van der Waals surface area contributed by atoms with Gasteiger partial charge in [-0.2, -0.15) is 0 Å². The van der Waals surface area contributed by atoms with Gasteiger partial charge >= 0.3 is 0 Å². The van der Waals surface area contributed by atoms with E-state index in [-0.39, 0.29) is 13.0 Å². The summed E-state index contributed by atoms with van der Waals surface area (Å²) in [4.78, 5) is 19.6. The van der Waals surface area contributed by atoms with Gasteiger partial charge in [0.1, 0.15) is 6.29 Å². The van der Waals surface area contributed by atoms with Crippen molar-refractivity contribution < 1.29 is 28.9 Å². The van der Waals surface area contributed by atoms with Crippen molar-refractivity contribution in [3.05, 3.63) is 23.8 Å². The van der Waals surface area contributed by atoms with E-state index in [1.807, 2.05) is 6.07 Å². The summed E-state index contributed by atoms with van der Waals surface area (Å²) >= 11 is 0. The molecule has 136 valence electrons. The number of aldehydes is 1. The molecule has 24 heavy (non-hydrogen) atoms. The number of hydrogen-bond acceptors (Lipinski definition) is 7. The van der Waals surface area contributed by atoms with E-state index in [1.165, 1.54) is 5.56 Å². The standard InChI is InChI=1S/C13H19NO3.C2H5NO.CH2O2/c1-10(14(2)8-15-3)6-11-4-5-12-13(7-11)17-9-16-12;3-1-2-4;2-1-3/h4-5,7,10H,6,8-9H2,1-3H3;2H,1,3H2;1H,(H,2,3). The quantitative estimate of drug-likeness (QED) is 0.575. The van der Waals surface area contributed by atoms with Crippen LogP contribution in [-0.2, 0) is 20.7 Å². The summed E-state index contributed by atoms with van der Waals surface area (Å²) in [6.07, 6.45) is 1.62. The van der Waals surface area contributed by atoms with Crippen molar-refractivity contribution in [1.82, 2.24) is 4.90 Å². The third-order valence-corrected chi connectivity index (χ3v) is 3.15. The number of fused-ring (bicyclic) bond motifs is 1. The van der Waals surface area contributed by atoms with Crippen LogP contribution >= 0.6 is 0 Å². The number of hydrogen-bond donors (Lipinski definition) is 2. The molecule has 1 unspecified atom stereocenters. The van der Waals surface area contributed by atoms with Crippen LogP contribution < -0.4 is 15.2 Å². The second-order valence-electron chi connectivity index (χ2n) is 4.92. The van der Waals surface area contributed by atoms with Gasteiger partial charge in [0.25, 0.3) is 6.47 Å². The smallest absolute Gasteiger partial charge is 0.290 e. The summed E-state index contributed by atoms with van der Waals surface area (Å²) < 4.78 is 15.8. The lowest BCUT2D eigenvalue weighted by molar-refractivity contribution is -0.122. The molecule has 1 aromatic rings. The first-order valence-electron chi connectivity index (χ1n) is 7.33. The van der Waals surface area contributed by atoms with Gasteiger partial charge in [0, 0.05) is 19.7 Å². The summed E-state index contributed by atoms with van der Waals surface area (Å²) in [5, 5.41) is 6.89. The minimum atomic E-state index is -0.250. The lowest BCUT2D eigenvalue weighted by Gasteiger charge is -2.23. The molecule has 0 amide bonds. The molecule has 0 spiro atoms. The summed E-state index contributed by atoms with van der Waals surface area (Å²) in [6.45, 7) is 3.05. The fourth-order valence-corrected chi connectivity index (χ4v) is 1.90. The molecule has 8 heteroatoms. The molecule has 1 aromatic carbocycles. The van der Waals surface area contributed by atoms with E-state index in [1.54, 1.807) is 7.11 Å². The largest absolute Gasteiger partial charge is 0.483 e. The number of rotatable bonds is 6. The monoisotopic (exact) mass is 342 g/mol. The van der Waals surface area contributed by atoms with Crippen LogP contribution in [0.5, 0.6) is 11.5 Å². The molecule has 1 aliphatic rings. The molecule has 0 aliphatic carbocycles. The average Bonchev–Trinajstić information content (AvgIpc) is 3.03. The maximum absolute atomic E-state index is 9.05. The lowest BCUT2D eigenvalue weighted by atomic mass is 10.1. The van der Waals surface area contributed by atoms with Crippen molar-refractivity contribution in [3.8, 4) is 11.5 Å². The second kappa shape index (κ2) is 13.3. The van der Waals surface area contributed by atoms with Gasteiger partial charge in [-0.25, -0.2) is 0 Å². The van der Waals surface area contributed by atoms with Crippen LogP contribution in [0.4, 0.5) is 0 Å². The number of carbonyl (C=O) groups excluding carboxylic acids is 1. The number of ether oxygens (including phenoxy) is 3. The molecule has 1 atom stereocenters. The molecule has 2 rings (SSSR count). The minimum absolute atomic E-state index is 0.139. The van der Waals surface area contributed by atoms with Gasteiger partial charge in [-0.3, -0.25) is 9.69 Å². The lowest BCUT2D eigenvalue weighted by Crippen LogP contribution is -2.32. The predicted octanol–water partition coefficient (Wildman–Crippen LogP) is 0.727. The Bertz CT molecular complexity index is 484. The van der Waals surface area contributed by atoms with Crippen LogP contribution in [0.2, 0.25) is 0 Å². The maximum Gasteiger partial charge on any atom is 0.290 e. The Morgan fingerprint density at radius 1 is 1.38 bits per heavy atom. The highest BCUT2D eigenvalue weighted by Gasteiger charge is 2.15. The number of nitrogens with zero attached hydrogens (tertiary/aromatic N) is 1. The molecule has 0 radical (unpaired) electrons. The third kappa shape index (κ3) is 8.47. The molecule has 0 fully saturated rings. The van der Waals surface area contributed by atoms with E-state index in [2.05, 4.69) is 36.7 Å². The van der Waals surface area contributed by atoms with Crippen LogP contribution in [0.3, 0.4) is 0 Å². The van der Waals surface area contributed by atoms with Crippen molar-refractivity contribution in [2.75, 3.05) is 34.2 Å². The van der Waals surface area contributed by atoms with Gasteiger partial charge in [0.05, 0.1) is 6.73 Å². The average molecular weight is 342 g/mol. The second-order valence-corrected chi connectivity index (χ2v) is 4.92. The highest BCUT2D eigenvalue weighted by Crippen LogP contribution is 2.32. The van der Waals surface area contributed by atoms with E-state index in [0.29, 0.717) is 25.9 Å². The van der Waals surface area contributed by atoms with Gasteiger partial charge in [-0.1, -0.05) is 6.07 Å². The van der Waals surface area contributed by atoms with Crippen LogP contribution in [0, 0.1) is 0 Å². The van der Waals surface area contributed by atoms with Crippen LogP contribution in [0.25, 0.3) is 0 Å². The fourth-order valence-electron chi connectivity index (χ4n) is 1.90. The topological polar surface area (TPSA) is 111 Å². The molecule has 0 saturated carbocycles. The summed E-state index contributed by atoms with van der Waals surface area (Å²) in [5.74, 6) is 1.69. The van der Waals surface area contributed by atoms with Crippen molar-refractivity contribution in [1.29, 1.82) is 0 Å². The predicted molar refractivity (Wildman–Crippen MR) is 89.2 cm³/mol. The number of carbonyl (C=O) groups is 2. The molecule has 0 saturated heterocycles. The molecule has 8 nitrogen and oxygen atoms in total. The third-order valence-electron chi connectivity index (χ3n) is 3.15. The van der Waals surface area contributed by atoms with E-state index in [4.69, 9.17) is 28.9 Å². The SMILES string of the molecule is COCN(C)C(C)Cc1ccc2c(c1)OCO2.NCC=O.O=CO. The normalized spacial score (nSPS) is 12.4. The van der Waals surface area contributed by atoms with E-state index < -0.39 is 0 Å². The number of carboxylic acid groups (broad SMARTS) is 1. The maximum atomic E-state index is 9.05. The molecule has 0 aromatic heterocycles. The molecule has 1 aliphatic heterocycles. The van der Waals surface area contributed by atoms with Gasteiger partial charge in [0.2, 0.25) is 6.79 Å². The van der Waals surface area contributed by atoms with Gasteiger partial charge in [0.15, 0.2) is 11.5 Å². The Labute approximate surface area is 142 Å². The Balaban J connectivity index is 0.000000648. The summed E-state index contributed by atoms with van der Waals surface area (Å²) in [6, 6.07) is 6.54. The Kier molecular flexibility index (Phi) is 12.1. The van der Waals surface area contributed by atoms with E-state index in [0.717, 1.165) is 17.9 Å². The number of nitrogens with two attached hydrogens (primary N) is 1. The van der Waals surface area contributed by atoms with Crippen molar-refractivity contribution in [2.24, 2.45) is 5.73 Å². The van der Waals surface area contributed by atoms with Gasteiger partial charge < -0.3 is 29.8 Å². The molecule has 1 heterocycles. The highest BCUT2D eigenvalue weighted by molar-refractivity contribution is 5.51. The first kappa shape index (κ1) is 21.8. The summed E-state index contributed by atoms with van der Waals surface area (Å²) in [5.41, 5.74) is 5.91. The molecular formula is C16H26N2O6. The van der Waals surface area contributed by atoms with Crippen molar-refractivity contribution in [2.45, 2.75) is 19.4 Å². The number of methoxy groups -OCH3 is 1. The fraction of sp³-hybridized carbons (Fsp3) is 0.500. The van der Waals surface area contributed by atoms with E-state index in [9.17, 15) is 0 Å². The zero-order valence-electron chi connectivity index (χ0n) is 14.3.